The Morgan fingerprint density at radius 3 is 2.24 bits per heavy atom. The Morgan fingerprint density at radius 1 is 0.912 bits per heavy atom. The van der Waals surface area contributed by atoms with Crippen molar-refractivity contribution in [3.63, 3.8) is 0 Å². The largest absolute Gasteiger partial charge is 0.495 e. The molecule has 0 atom stereocenters. The number of amides is 1. The first-order valence-corrected chi connectivity index (χ1v) is 12.0. The van der Waals surface area contributed by atoms with E-state index in [0.717, 1.165) is 11.1 Å². The highest BCUT2D eigenvalue weighted by Crippen LogP contribution is 2.35. The number of ether oxygens (including phenoxy) is 3. The molecule has 0 radical (unpaired) electrons. The van der Waals surface area contributed by atoms with Crippen LogP contribution in [0.3, 0.4) is 0 Å². The molecule has 0 unspecified atom stereocenters. The number of nitrogens with one attached hydrogen (secondary N) is 2. The van der Waals surface area contributed by atoms with Crippen LogP contribution in [0, 0.1) is 13.8 Å². The minimum absolute atomic E-state index is 0.0724. The molecule has 0 saturated heterocycles. The van der Waals surface area contributed by atoms with Gasteiger partial charge in [-0.3, -0.25) is 9.52 Å². The van der Waals surface area contributed by atoms with Crippen molar-refractivity contribution in [2.24, 2.45) is 0 Å². The summed E-state index contributed by atoms with van der Waals surface area (Å²) in [5.41, 5.74) is 2.65. The lowest BCUT2D eigenvalue weighted by molar-refractivity contribution is -0.118. The van der Waals surface area contributed by atoms with Crippen LogP contribution < -0.4 is 24.2 Å². The van der Waals surface area contributed by atoms with E-state index in [1.165, 1.54) is 44.6 Å². The number of benzene rings is 3. The van der Waals surface area contributed by atoms with Crippen molar-refractivity contribution >= 4 is 38.9 Å². The van der Waals surface area contributed by atoms with E-state index in [1.54, 1.807) is 12.1 Å². The Labute approximate surface area is 203 Å². The fourth-order valence-electron chi connectivity index (χ4n) is 3.06. The molecule has 0 heterocycles. The number of methoxy groups -OCH3 is 2. The predicted molar refractivity (Wildman–Crippen MR) is 132 cm³/mol. The van der Waals surface area contributed by atoms with Gasteiger partial charge in [-0.25, -0.2) is 8.42 Å². The number of sulfonamides is 1. The molecule has 180 valence electrons. The van der Waals surface area contributed by atoms with E-state index in [2.05, 4.69) is 10.0 Å². The van der Waals surface area contributed by atoms with Crippen molar-refractivity contribution in [1.29, 1.82) is 0 Å². The summed E-state index contributed by atoms with van der Waals surface area (Å²) >= 11 is 6.07. The van der Waals surface area contributed by atoms with Crippen molar-refractivity contribution in [1.82, 2.24) is 0 Å². The van der Waals surface area contributed by atoms with Crippen molar-refractivity contribution in [2.75, 3.05) is 30.9 Å². The van der Waals surface area contributed by atoms with E-state index >= 15 is 0 Å². The first-order valence-electron chi connectivity index (χ1n) is 10.2. The summed E-state index contributed by atoms with van der Waals surface area (Å²) in [5, 5.41) is 3.02. The van der Waals surface area contributed by atoms with Gasteiger partial charge in [0.1, 0.15) is 17.2 Å². The van der Waals surface area contributed by atoms with Crippen LogP contribution in [-0.4, -0.2) is 35.2 Å². The maximum atomic E-state index is 12.7. The lowest BCUT2D eigenvalue weighted by Crippen LogP contribution is -2.20. The minimum Gasteiger partial charge on any atom is -0.495 e. The zero-order chi connectivity index (χ0) is 24.9. The van der Waals surface area contributed by atoms with E-state index < -0.39 is 15.9 Å². The molecule has 0 aliphatic rings. The Balaban J connectivity index is 1.64. The van der Waals surface area contributed by atoms with Gasteiger partial charge in [-0.05, 0) is 55.3 Å². The number of halogens is 1. The highest BCUT2D eigenvalue weighted by Gasteiger charge is 2.16. The average molecular weight is 505 g/mol. The fourth-order valence-corrected chi connectivity index (χ4v) is 4.41. The summed E-state index contributed by atoms with van der Waals surface area (Å²) in [6.45, 7) is 3.41. The number of anilines is 2. The van der Waals surface area contributed by atoms with Gasteiger partial charge in [-0.1, -0.05) is 23.7 Å². The van der Waals surface area contributed by atoms with Gasteiger partial charge in [0.25, 0.3) is 15.9 Å². The monoisotopic (exact) mass is 504 g/mol. The first-order chi connectivity index (χ1) is 16.1. The number of hydrogen-bond donors (Lipinski definition) is 2. The Hall–Kier alpha value is -3.43. The van der Waals surface area contributed by atoms with E-state index in [-0.39, 0.29) is 11.5 Å². The topological polar surface area (TPSA) is 103 Å². The van der Waals surface area contributed by atoms with Crippen LogP contribution in [0.15, 0.2) is 59.5 Å². The maximum absolute atomic E-state index is 12.7. The van der Waals surface area contributed by atoms with Crippen molar-refractivity contribution < 1.29 is 27.4 Å². The van der Waals surface area contributed by atoms with Crippen LogP contribution in [-0.2, 0) is 14.8 Å². The molecule has 34 heavy (non-hydrogen) atoms. The predicted octanol–water partition coefficient (Wildman–Crippen LogP) is 4.79. The third-order valence-electron chi connectivity index (χ3n) is 4.89. The lowest BCUT2D eigenvalue weighted by Gasteiger charge is -2.14. The smallest absolute Gasteiger partial charge is 0.262 e. The van der Waals surface area contributed by atoms with Crippen LogP contribution in [0.1, 0.15) is 11.1 Å². The summed E-state index contributed by atoms with van der Waals surface area (Å²) in [6, 6.07) is 14.4. The average Bonchev–Trinajstić information content (AvgIpc) is 2.81. The molecular weight excluding hydrogens is 480 g/mol. The number of aryl methyl sites for hydroxylation is 2. The summed E-state index contributed by atoms with van der Waals surface area (Å²) < 4.78 is 44.0. The van der Waals surface area contributed by atoms with Crippen molar-refractivity contribution in [2.45, 2.75) is 18.7 Å². The summed E-state index contributed by atoms with van der Waals surface area (Å²) in [6.07, 6.45) is 0. The number of carbonyl (C=O) groups is 1. The third kappa shape index (κ3) is 6.12. The lowest BCUT2D eigenvalue weighted by atomic mass is 10.1. The van der Waals surface area contributed by atoms with Crippen LogP contribution in [0.2, 0.25) is 5.02 Å². The Kier molecular flexibility index (Phi) is 7.90. The molecule has 0 saturated carbocycles. The first kappa shape index (κ1) is 25.2. The highest BCUT2D eigenvalue weighted by atomic mass is 35.5. The normalized spacial score (nSPS) is 11.0. The molecule has 1 amide bonds. The van der Waals surface area contributed by atoms with Gasteiger partial charge in [-0.2, -0.15) is 0 Å². The second kappa shape index (κ2) is 10.7. The number of rotatable bonds is 9. The molecule has 0 aliphatic carbocycles. The zero-order valence-corrected chi connectivity index (χ0v) is 20.7. The SMILES string of the molecule is COc1cc(NC(=O)COc2ccc(S(=O)(=O)Nc3cc(C)ccc3C)cc2)c(OC)cc1Cl. The molecule has 0 spiro atoms. The van der Waals surface area contributed by atoms with Gasteiger partial charge in [0.2, 0.25) is 0 Å². The second-order valence-electron chi connectivity index (χ2n) is 7.42. The van der Waals surface area contributed by atoms with E-state index in [0.29, 0.717) is 33.6 Å². The summed E-state index contributed by atoms with van der Waals surface area (Å²) in [5.74, 6) is 0.632. The van der Waals surface area contributed by atoms with Crippen LogP contribution in [0.5, 0.6) is 17.2 Å². The minimum atomic E-state index is -3.78. The Bertz CT molecular complexity index is 1290. The molecule has 2 N–H and O–H groups in total. The summed E-state index contributed by atoms with van der Waals surface area (Å²) in [4.78, 5) is 12.4. The number of carbonyl (C=O) groups excluding carboxylic acids is 1. The van der Waals surface area contributed by atoms with Crippen molar-refractivity contribution in [3.05, 3.63) is 70.7 Å². The molecule has 0 fully saturated rings. The van der Waals surface area contributed by atoms with E-state index in [9.17, 15) is 13.2 Å². The zero-order valence-electron chi connectivity index (χ0n) is 19.1. The van der Waals surface area contributed by atoms with Crippen LogP contribution >= 0.6 is 11.6 Å². The molecule has 3 aromatic rings. The molecule has 0 aliphatic heterocycles. The molecule has 3 aromatic carbocycles. The molecule has 0 aromatic heterocycles. The maximum Gasteiger partial charge on any atom is 0.262 e. The molecule has 8 nitrogen and oxygen atoms in total. The van der Waals surface area contributed by atoms with Gasteiger partial charge < -0.3 is 19.5 Å². The third-order valence-corrected chi connectivity index (χ3v) is 6.57. The molecule has 3 rings (SSSR count). The van der Waals surface area contributed by atoms with Crippen LogP contribution in [0.25, 0.3) is 0 Å². The van der Waals surface area contributed by atoms with Crippen LogP contribution in [0.4, 0.5) is 11.4 Å². The summed E-state index contributed by atoms with van der Waals surface area (Å²) in [7, 11) is -0.865. The van der Waals surface area contributed by atoms with E-state index in [4.69, 9.17) is 25.8 Å². The van der Waals surface area contributed by atoms with Crippen molar-refractivity contribution in [3.8, 4) is 17.2 Å². The molecular formula is C24H25ClN2O6S. The quantitative estimate of drug-likeness (QED) is 0.434. The fraction of sp³-hybridized carbons (Fsp3) is 0.208. The standard InChI is InChI=1S/C24H25ClN2O6S/c1-15-5-6-16(2)20(11-15)27-34(29,30)18-9-7-17(8-10-18)33-14-24(28)26-21-13-22(31-3)19(25)12-23(21)32-4/h5-13,27H,14H2,1-4H3,(H,26,28). The van der Waals surface area contributed by atoms with Gasteiger partial charge in [0.05, 0.1) is 35.5 Å². The van der Waals surface area contributed by atoms with Gasteiger partial charge >= 0.3 is 0 Å². The second-order valence-corrected chi connectivity index (χ2v) is 9.51. The van der Waals surface area contributed by atoms with Gasteiger partial charge in [-0.15, -0.1) is 0 Å². The number of hydrogen-bond acceptors (Lipinski definition) is 6. The molecule has 0 bridgehead atoms. The highest BCUT2D eigenvalue weighted by molar-refractivity contribution is 7.92. The molecule has 10 heteroatoms. The Morgan fingerprint density at radius 2 is 1.59 bits per heavy atom. The van der Waals surface area contributed by atoms with Gasteiger partial charge in [0.15, 0.2) is 6.61 Å². The van der Waals surface area contributed by atoms with E-state index in [1.807, 2.05) is 26.0 Å². The van der Waals surface area contributed by atoms with Gasteiger partial charge in [0, 0.05) is 12.1 Å².